The van der Waals surface area contributed by atoms with E-state index < -0.39 is 0 Å². The Kier molecular flexibility index (Phi) is 9.93. The van der Waals surface area contributed by atoms with Crippen LogP contribution in [0.4, 0.5) is 0 Å². The van der Waals surface area contributed by atoms with Gasteiger partial charge in [-0.2, -0.15) is 10.2 Å². The van der Waals surface area contributed by atoms with E-state index in [-0.39, 0.29) is 10.8 Å². The van der Waals surface area contributed by atoms with Gasteiger partial charge < -0.3 is 4.57 Å². The highest BCUT2D eigenvalue weighted by atomic mass is 15.3. The Bertz CT molecular complexity index is 891. The molecule has 0 unspecified atom stereocenters. The van der Waals surface area contributed by atoms with Gasteiger partial charge in [0.1, 0.15) is 36.5 Å². The third-order valence-electron chi connectivity index (χ3n) is 4.17. The summed E-state index contributed by atoms with van der Waals surface area (Å²) >= 11 is 0. The van der Waals surface area contributed by atoms with E-state index in [0.717, 1.165) is 37.1 Å². The molecule has 0 amide bonds. The summed E-state index contributed by atoms with van der Waals surface area (Å²) in [5.41, 5.74) is 0.853. The predicted molar refractivity (Wildman–Crippen MR) is 133 cm³/mol. The fourth-order valence-corrected chi connectivity index (χ4v) is 2.86. The molecule has 0 saturated heterocycles. The van der Waals surface area contributed by atoms with E-state index in [9.17, 15) is 0 Å². The first kappa shape index (κ1) is 28.5. The van der Waals surface area contributed by atoms with E-state index in [1.165, 1.54) is 0 Å². The Morgan fingerprint density at radius 1 is 0.697 bits per heavy atom. The first-order valence-electron chi connectivity index (χ1n) is 11.5. The molecule has 0 fully saturated rings. The van der Waals surface area contributed by atoms with Crippen LogP contribution < -0.4 is 0 Å². The monoisotopic (exact) mass is 459 g/mol. The Balaban J connectivity index is 0.000000247. The van der Waals surface area contributed by atoms with Gasteiger partial charge in [0.2, 0.25) is 0 Å². The molecule has 0 atom stereocenters. The second-order valence-corrected chi connectivity index (χ2v) is 12.1. The fourth-order valence-electron chi connectivity index (χ4n) is 2.86. The van der Waals surface area contributed by atoms with Crippen molar-refractivity contribution < 1.29 is 0 Å². The molecule has 9 heteroatoms. The molecule has 3 heterocycles. The molecular formula is C24H45N9. The minimum absolute atomic E-state index is 0.276. The van der Waals surface area contributed by atoms with Crippen molar-refractivity contribution in [1.82, 2.24) is 44.3 Å². The predicted octanol–water partition coefficient (Wildman–Crippen LogP) is 4.90. The van der Waals surface area contributed by atoms with Gasteiger partial charge in [-0.05, 0) is 37.0 Å². The zero-order chi connectivity index (χ0) is 25.4. The van der Waals surface area contributed by atoms with Crippen molar-refractivity contribution in [2.24, 2.45) is 16.2 Å². The second kappa shape index (κ2) is 11.5. The smallest absolute Gasteiger partial charge is 0.147 e. The molecule has 33 heavy (non-hydrogen) atoms. The third-order valence-corrected chi connectivity index (χ3v) is 4.17. The summed E-state index contributed by atoms with van der Waals surface area (Å²) in [7, 11) is 0. The number of aromatic nitrogens is 9. The van der Waals surface area contributed by atoms with Gasteiger partial charge in [0.25, 0.3) is 0 Å². The third kappa shape index (κ3) is 12.9. The van der Waals surface area contributed by atoms with Gasteiger partial charge in [0.05, 0.1) is 0 Å². The normalized spacial score (nSPS) is 12.0. The first-order chi connectivity index (χ1) is 15.0. The van der Waals surface area contributed by atoms with Gasteiger partial charge in [-0.15, -0.1) is 10.2 Å². The van der Waals surface area contributed by atoms with Crippen LogP contribution in [0.15, 0.2) is 19.0 Å². The van der Waals surface area contributed by atoms with E-state index in [0.29, 0.717) is 5.41 Å². The Morgan fingerprint density at radius 3 is 1.64 bits per heavy atom. The topological polar surface area (TPSA) is 92.1 Å². The molecule has 9 nitrogen and oxygen atoms in total. The van der Waals surface area contributed by atoms with Crippen molar-refractivity contribution in [3.8, 4) is 0 Å². The zero-order valence-corrected chi connectivity index (χ0v) is 22.9. The quantitative estimate of drug-likeness (QED) is 0.553. The average Bonchev–Trinajstić information content (AvgIpc) is 3.30. The van der Waals surface area contributed by atoms with E-state index in [2.05, 4.69) is 97.2 Å². The van der Waals surface area contributed by atoms with Crippen LogP contribution in [0, 0.1) is 37.0 Å². The number of nitrogens with zero attached hydrogens (tertiary/aromatic N) is 9. The highest BCUT2D eigenvalue weighted by Gasteiger charge is 2.13. The maximum Gasteiger partial charge on any atom is 0.147 e. The summed E-state index contributed by atoms with van der Waals surface area (Å²) in [5.74, 6) is 2.81. The molecule has 0 saturated carbocycles. The summed E-state index contributed by atoms with van der Waals surface area (Å²) in [4.78, 5) is 8.11. The molecule has 186 valence electrons. The van der Waals surface area contributed by atoms with Gasteiger partial charge >= 0.3 is 0 Å². The summed E-state index contributed by atoms with van der Waals surface area (Å²) in [6.45, 7) is 28.4. The minimum atomic E-state index is 0.276. The lowest BCUT2D eigenvalue weighted by Crippen LogP contribution is -2.17. The van der Waals surface area contributed by atoms with Crippen molar-refractivity contribution in [1.29, 1.82) is 0 Å². The van der Waals surface area contributed by atoms with Crippen LogP contribution in [0.1, 0.15) is 79.8 Å². The van der Waals surface area contributed by atoms with E-state index in [4.69, 9.17) is 0 Å². The van der Waals surface area contributed by atoms with Crippen LogP contribution >= 0.6 is 0 Å². The standard InChI is InChI=1S/3C8H15N3/c1-7-10-9-6-11(7)5-8(2,3)4;1-7-9-6-11(10-7)5-8(2,3)4;1-7-9-6-10-11(7)5-8(2,3)4/h3*6H,5H2,1-4H3. The molecule has 0 aliphatic heterocycles. The van der Waals surface area contributed by atoms with Crippen molar-refractivity contribution >= 4 is 0 Å². The molecule has 0 aromatic carbocycles. The number of hydrogen-bond donors (Lipinski definition) is 0. The zero-order valence-electron chi connectivity index (χ0n) is 22.9. The minimum Gasteiger partial charge on any atom is -0.317 e. The highest BCUT2D eigenvalue weighted by Crippen LogP contribution is 2.17. The van der Waals surface area contributed by atoms with Gasteiger partial charge in [0.15, 0.2) is 0 Å². The van der Waals surface area contributed by atoms with Gasteiger partial charge in [-0.3, -0.25) is 4.68 Å². The second-order valence-electron chi connectivity index (χ2n) is 12.1. The molecule has 0 N–H and O–H groups in total. The SMILES string of the molecule is Cc1ncn(CC(C)(C)C)n1.Cc1ncnn1CC(C)(C)C.Cc1nncn1CC(C)(C)C. The fraction of sp³-hybridized carbons (Fsp3) is 0.750. The van der Waals surface area contributed by atoms with Crippen LogP contribution in [0.5, 0.6) is 0 Å². The van der Waals surface area contributed by atoms with Crippen LogP contribution in [0.25, 0.3) is 0 Å². The number of rotatable bonds is 3. The van der Waals surface area contributed by atoms with E-state index in [1.54, 1.807) is 19.0 Å². The number of hydrogen-bond acceptors (Lipinski definition) is 6. The Hall–Kier alpha value is -2.58. The van der Waals surface area contributed by atoms with Gasteiger partial charge in [0, 0.05) is 19.6 Å². The molecule has 3 rings (SSSR count). The molecule has 0 aliphatic rings. The molecule has 0 spiro atoms. The summed E-state index contributed by atoms with van der Waals surface area (Å²) in [5, 5.41) is 16.0. The largest absolute Gasteiger partial charge is 0.317 e. The number of aryl methyl sites for hydroxylation is 3. The van der Waals surface area contributed by atoms with Crippen LogP contribution in [0.2, 0.25) is 0 Å². The van der Waals surface area contributed by atoms with E-state index in [1.807, 2.05) is 30.1 Å². The highest BCUT2D eigenvalue weighted by molar-refractivity contribution is 4.82. The maximum atomic E-state index is 4.20. The molecule has 0 radical (unpaired) electrons. The van der Waals surface area contributed by atoms with Crippen LogP contribution in [-0.2, 0) is 19.6 Å². The summed E-state index contributed by atoms with van der Waals surface area (Å²) < 4.78 is 5.88. The summed E-state index contributed by atoms with van der Waals surface area (Å²) in [6, 6.07) is 0. The molecule has 3 aromatic heterocycles. The molecule has 0 bridgehead atoms. The van der Waals surface area contributed by atoms with Crippen molar-refractivity contribution in [2.75, 3.05) is 0 Å². The lowest BCUT2D eigenvalue weighted by atomic mass is 9.97. The van der Waals surface area contributed by atoms with Crippen LogP contribution in [-0.4, -0.2) is 44.3 Å². The molecule has 0 aliphatic carbocycles. The maximum absolute atomic E-state index is 4.20. The lowest BCUT2D eigenvalue weighted by Gasteiger charge is -2.18. The van der Waals surface area contributed by atoms with Gasteiger partial charge in [-0.25, -0.2) is 14.6 Å². The lowest BCUT2D eigenvalue weighted by molar-refractivity contribution is 0.321. The average molecular weight is 460 g/mol. The van der Waals surface area contributed by atoms with Crippen molar-refractivity contribution in [2.45, 2.75) is 103 Å². The Morgan fingerprint density at radius 2 is 1.27 bits per heavy atom. The van der Waals surface area contributed by atoms with Crippen molar-refractivity contribution in [3.63, 3.8) is 0 Å². The first-order valence-corrected chi connectivity index (χ1v) is 11.5. The molecular weight excluding hydrogens is 414 g/mol. The van der Waals surface area contributed by atoms with Crippen molar-refractivity contribution in [3.05, 3.63) is 36.5 Å². The Labute approximate surface area is 200 Å². The summed E-state index contributed by atoms with van der Waals surface area (Å²) in [6.07, 6.45) is 5.15. The van der Waals surface area contributed by atoms with Gasteiger partial charge in [-0.1, -0.05) is 62.3 Å². The molecule has 3 aromatic rings. The van der Waals surface area contributed by atoms with Crippen LogP contribution in [0.3, 0.4) is 0 Å². The van der Waals surface area contributed by atoms with E-state index >= 15 is 0 Å².